The second kappa shape index (κ2) is 17.8. The van der Waals surface area contributed by atoms with Crippen LogP contribution in [0, 0.1) is 6.92 Å². The second-order valence-electron chi connectivity index (χ2n) is 10.8. The number of hydrogen-bond donors (Lipinski definition) is 3. The Balaban J connectivity index is 1.16. The normalized spacial score (nSPS) is 11.5. The second-order valence-corrected chi connectivity index (χ2v) is 10.8. The van der Waals surface area contributed by atoms with Crippen molar-refractivity contribution in [3.63, 3.8) is 0 Å². The number of nitrogens with one attached hydrogen (secondary N) is 2. The van der Waals surface area contributed by atoms with E-state index in [9.17, 15) is 19.5 Å². The number of carbonyl (C=O) groups is 3. The molecule has 3 N–H and O–H groups in total. The number of esters is 1. The summed E-state index contributed by atoms with van der Waals surface area (Å²) in [5, 5.41) is 15.8. The number of aliphatic carboxylic acids is 1. The molecule has 0 spiro atoms. The lowest BCUT2D eigenvalue weighted by Gasteiger charge is -2.18. The fourth-order valence-electron chi connectivity index (χ4n) is 4.69. The highest BCUT2D eigenvalue weighted by molar-refractivity contribution is 5.92. The number of aryl methyl sites for hydroxylation is 2. The number of amides is 1. The molecule has 1 atom stereocenters. The first-order valence-electron chi connectivity index (χ1n) is 15.5. The van der Waals surface area contributed by atoms with Crippen LogP contribution in [-0.4, -0.2) is 42.1 Å². The first-order chi connectivity index (χ1) is 22.4. The molecule has 0 aliphatic carbocycles. The zero-order chi connectivity index (χ0) is 32.6. The topological polar surface area (TPSA) is 114 Å². The number of carboxylic acid groups (broad SMARTS) is 1. The van der Waals surface area contributed by atoms with Crippen LogP contribution in [0.15, 0.2) is 109 Å². The average molecular weight is 621 g/mol. The predicted octanol–water partition coefficient (Wildman–Crippen LogP) is 7.09. The Morgan fingerprint density at radius 1 is 0.870 bits per heavy atom. The van der Waals surface area contributed by atoms with E-state index in [-0.39, 0.29) is 11.7 Å². The Bertz CT molecular complexity index is 1600. The first kappa shape index (κ1) is 33.5. The highest BCUT2D eigenvalue weighted by Gasteiger charge is 2.20. The highest BCUT2D eigenvalue weighted by Crippen LogP contribution is 2.26. The highest BCUT2D eigenvalue weighted by atomic mass is 16.5. The maximum Gasteiger partial charge on any atom is 0.343 e. The molecular weight excluding hydrogens is 580 g/mol. The van der Waals surface area contributed by atoms with Crippen LogP contribution in [0.2, 0.25) is 0 Å². The van der Waals surface area contributed by atoms with Crippen molar-refractivity contribution in [2.75, 3.05) is 18.5 Å². The van der Waals surface area contributed by atoms with Gasteiger partial charge in [0.1, 0.15) is 11.8 Å². The van der Waals surface area contributed by atoms with Gasteiger partial charge < -0.3 is 25.2 Å². The zero-order valence-electron chi connectivity index (χ0n) is 26.0. The summed E-state index contributed by atoms with van der Waals surface area (Å²) in [5.41, 5.74) is 4.17. The minimum atomic E-state index is -1.00. The molecule has 1 unspecified atom stereocenters. The molecule has 0 aliphatic heterocycles. The molecule has 0 heterocycles. The number of carboxylic acids is 1. The summed E-state index contributed by atoms with van der Waals surface area (Å²) in [6, 6.07) is 30.2. The fraction of sp³-hybridized carbons (Fsp3) is 0.237. The van der Waals surface area contributed by atoms with E-state index in [2.05, 4.69) is 35.8 Å². The van der Waals surface area contributed by atoms with E-state index >= 15 is 0 Å². The van der Waals surface area contributed by atoms with Crippen LogP contribution in [-0.2, 0) is 16.0 Å². The predicted molar refractivity (Wildman–Crippen MR) is 180 cm³/mol. The number of carbonyl (C=O) groups excluding carboxylic acids is 2. The molecule has 238 valence electrons. The molecule has 0 saturated carbocycles. The van der Waals surface area contributed by atoms with Crippen LogP contribution in [0.5, 0.6) is 11.5 Å². The van der Waals surface area contributed by atoms with Gasteiger partial charge in [-0.15, -0.1) is 0 Å². The van der Waals surface area contributed by atoms with Gasteiger partial charge >= 0.3 is 11.9 Å². The van der Waals surface area contributed by atoms with Gasteiger partial charge in [0.05, 0.1) is 17.9 Å². The third-order valence-electron chi connectivity index (χ3n) is 7.31. The summed E-state index contributed by atoms with van der Waals surface area (Å²) in [7, 11) is 0. The molecule has 0 fully saturated rings. The van der Waals surface area contributed by atoms with E-state index in [1.165, 1.54) is 5.56 Å². The molecule has 8 nitrogen and oxygen atoms in total. The number of benzene rings is 4. The van der Waals surface area contributed by atoms with Crippen molar-refractivity contribution in [3.05, 3.63) is 131 Å². The SMILES string of the molecule is Cc1ccccc1C=CCCC(=O)NCCCOc1ccc(CCC(Nc2ccccc2OC(=O)c2ccccc2)C(=O)O)cc1. The van der Waals surface area contributed by atoms with Gasteiger partial charge in [-0.1, -0.05) is 78.9 Å². The molecule has 4 rings (SSSR count). The summed E-state index contributed by atoms with van der Waals surface area (Å²) in [4.78, 5) is 36.7. The molecule has 4 aromatic carbocycles. The number of ether oxygens (including phenoxy) is 2. The van der Waals surface area contributed by atoms with Gasteiger partial charge in [0, 0.05) is 13.0 Å². The molecule has 0 aliphatic rings. The van der Waals surface area contributed by atoms with Gasteiger partial charge in [-0.25, -0.2) is 9.59 Å². The molecule has 8 heteroatoms. The van der Waals surface area contributed by atoms with Crippen molar-refractivity contribution in [1.29, 1.82) is 0 Å². The average Bonchev–Trinajstić information content (AvgIpc) is 3.07. The van der Waals surface area contributed by atoms with Crippen LogP contribution in [0.1, 0.15) is 52.7 Å². The lowest BCUT2D eigenvalue weighted by Crippen LogP contribution is -2.30. The van der Waals surface area contributed by atoms with Crippen molar-refractivity contribution in [3.8, 4) is 11.5 Å². The Labute approximate surface area is 270 Å². The largest absolute Gasteiger partial charge is 0.494 e. The quantitative estimate of drug-likeness (QED) is 0.0656. The third-order valence-corrected chi connectivity index (χ3v) is 7.31. The van der Waals surface area contributed by atoms with E-state index < -0.39 is 18.0 Å². The van der Waals surface area contributed by atoms with Crippen LogP contribution < -0.4 is 20.1 Å². The lowest BCUT2D eigenvalue weighted by atomic mass is 10.0. The van der Waals surface area contributed by atoms with E-state index in [4.69, 9.17) is 9.47 Å². The molecule has 0 saturated heterocycles. The summed E-state index contributed by atoms with van der Waals surface area (Å²) in [6.07, 6.45) is 6.72. The minimum absolute atomic E-state index is 0.0182. The Morgan fingerprint density at radius 3 is 2.35 bits per heavy atom. The Hall–Kier alpha value is -5.37. The Kier molecular flexibility index (Phi) is 13.0. The van der Waals surface area contributed by atoms with Crippen molar-refractivity contribution >= 4 is 29.6 Å². The first-order valence-corrected chi connectivity index (χ1v) is 15.5. The maximum atomic E-state index is 12.5. The third kappa shape index (κ3) is 11.0. The van der Waals surface area contributed by atoms with Crippen LogP contribution in [0.4, 0.5) is 5.69 Å². The molecule has 0 aromatic heterocycles. The van der Waals surface area contributed by atoms with Crippen LogP contribution >= 0.6 is 0 Å². The number of hydrogen-bond acceptors (Lipinski definition) is 6. The number of rotatable bonds is 17. The standard InChI is InChI=1S/C38H40N2O6/c1-28-12-5-6-13-30(28)14-7-10-19-36(41)39-26-11-27-45-32-23-20-29(21-24-32)22-25-34(37(42)43)40-33-17-8-9-18-35(33)46-38(44)31-15-3-2-4-16-31/h2-9,12-18,20-21,23-24,34,40H,10-11,19,22,25-27H2,1H3,(H,39,41)(H,42,43). The van der Waals surface area contributed by atoms with Crippen molar-refractivity contribution in [1.82, 2.24) is 5.32 Å². The maximum absolute atomic E-state index is 12.5. The van der Waals surface area contributed by atoms with E-state index in [1.807, 2.05) is 48.5 Å². The van der Waals surface area contributed by atoms with Gasteiger partial charge in [0.25, 0.3) is 0 Å². The van der Waals surface area contributed by atoms with Gasteiger partial charge in [0.15, 0.2) is 5.75 Å². The summed E-state index contributed by atoms with van der Waals surface area (Å²) in [5.74, 6) is -0.542. The van der Waals surface area contributed by atoms with Crippen LogP contribution in [0.3, 0.4) is 0 Å². The Morgan fingerprint density at radius 2 is 1.59 bits per heavy atom. The molecule has 1 amide bonds. The fourth-order valence-corrected chi connectivity index (χ4v) is 4.69. The number of anilines is 1. The number of allylic oxidation sites excluding steroid dienone is 1. The summed E-state index contributed by atoms with van der Waals surface area (Å²) < 4.78 is 11.4. The molecule has 0 bridgehead atoms. The van der Waals surface area contributed by atoms with Gasteiger partial charge in [-0.2, -0.15) is 0 Å². The van der Waals surface area contributed by atoms with Crippen molar-refractivity contribution < 1.29 is 29.0 Å². The minimum Gasteiger partial charge on any atom is -0.494 e. The molecule has 46 heavy (non-hydrogen) atoms. The summed E-state index contributed by atoms with van der Waals surface area (Å²) >= 11 is 0. The molecule has 0 radical (unpaired) electrons. The van der Waals surface area contributed by atoms with Gasteiger partial charge in [0.2, 0.25) is 5.91 Å². The van der Waals surface area contributed by atoms with E-state index in [0.29, 0.717) is 62.3 Å². The molecular formula is C38H40N2O6. The van der Waals surface area contributed by atoms with E-state index in [1.54, 1.807) is 48.5 Å². The zero-order valence-corrected chi connectivity index (χ0v) is 26.0. The molecule has 4 aromatic rings. The van der Waals surface area contributed by atoms with Crippen molar-refractivity contribution in [2.24, 2.45) is 0 Å². The van der Waals surface area contributed by atoms with Gasteiger partial charge in [-0.05, 0) is 85.7 Å². The monoisotopic (exact) mass is 620 g/mol. The van der Waals surface area contributed by atoms with Gasteiger partial charge in [-0.3, -0.25) is 4.79 Å². The van der Waals surface area contributed by atoms with Crippen LogP contribution in [0.25, 0.3) is 6.08 Å². The number of para-hydroxylation sites is 2. The lowest BCUT2D eigenvalue weighted by molar-refractivity contribution is -0.138. The summed E-state index contributed by atoms with van der Waals surface area (Å²) in [6.45, 7) is 3.07. The smallest absolute Gasteiger partial charge is 0.343 e. The van der Waals surface area contributed by atoms with E-state index in [0.717, 1.165) is 11.1 Å². The van der Waals surface area contributed by atoms with Crippen molar-refractivity contribution in [2.45, 2.75) is 45.1 Å².